The van der Waals surface area contributed by atoms with Crippen LogP contribution in [0.1, 0.15) is 30.9 Å². The molecule has 1 amide bonds. The van der Waals surface area contributed by atoms with Gasteiger partial charge < -0.3 is 4.90 Å². The number of nitrogens with zero attached hydrogens (tertiary/aromatic N) is 5. The molecule has 23 heavy (non-hydrogen) atoms. The van der Waals surface area contributed by atoms with Crippen molar-refractivity contribution in [1.29, 1.82) is 0 Å². The van der Waals surface area contributed by atoms with Crippen LogP contribution >= 0.6 is 11.8 Å². The molecular formula is C16H21N5OS. The van der Waals surface area contributed by atoms with Crippen LogP contribution in [0.25, 0.3) is 5.69 Å². The van der Waals surface area contributed by atoms with Gasteiger partial charge in [0.15, 0.2) is 0 Å². The van der Waals surface area contributed by atoms with Crippen LogP contribution in [-0.4, -0.2) is 49.4 Å². The molecule has 7 heteroatoms. The Bertz CT molecular complexity index is 688. The number of aromatic nitrogens is 4. The maximum Gasteiger partial charge on any atom is 0.235 e. The standard InChI is InChI=1S/C16H21N5OS/c1-11-7-6-8-12(2)14(11)21-16(17-18-19-21)23-13(3)15(22)20-9-4-5-10-20/h6-8,13H,4-5,9-10H2,1-3H3/t13-/m0/s1. The molecule has 1 aromatic heterocycles. The number of amides is 1. The number of tetrazole rings is 1. The molecular weight excluding hydrogens is 310 g/mol. The van der Waals surface area contributed by atoms with Crippen LogP contribution in [0.3, 0.4) is 0 Å². The lowest BCUT2D eigenvalue weighted by Gasteiger charge is -2.19. The SMILES string of the molecule is Cc1cccc(C)c1-n1nnnc1S[C@@H](C)C(=O)N1CCCC1. The van der Waals surface area contributed by atoms with E-state index in [4.69, 9.17) is 0 Å². The third-order valence-electron chi connectivity index (χ3n) is 4.14. The minimum Gasteiger partial charge on any atom is -0.342 e. The van der Waals surface area contributed by atoms with Gasteiger partial charge in [0.1, 0.15) is 0 Å². The zero-order valence-electron chi connectivity index (χ0n) is 13.7. The normalized spacial score (nSPS) is 15.9. The number of carbonyl (C=O) groups is 1. The molecule has 0 unspecified atom stereocenters. The third kappa shape index (κ3) is 3.24. The second-order valence-corrected chi connectivity index (χ2v) is 7.21. The summed E-state index contributed by atoms with van der Waals surface area (Å²) in [4.78, 5) is 14.4. The highest BCUT2D eigenvalue weighted by molar-refractivity contribution is 8.00. The highest BCUT2D eigenvalue weighted by atomic mass is 32.2. The summed E-state index contributed by atoms with van der Waals surface area (Å²) in [5, 5.41) is 12.5. The first-order valence-corrected chi connectivity index (χ1v) is 8.76. The number of aryl methyl sites for hydroxylation is 2. The van der Waals surface area contributed by atoms with Gasteiger partial charge in [0, 0.05) is 13.1 Å². The Morgan fingerprint density at radius 1 is 1.22 bits per heavy atom. The van der Waals surface area contributed by atoms with Crippen molar-refractivity contribution >= 4 is 17.7 Å². The molecule has 2 heterocycles. The first-order chi connectivity index (χ1) is 11.1. The number of rotatable bonds is 4. The molecule has 1 aromatic carbocycles. The summed E-state index contributed by atoms with van der Waals surface area (Å²) in [7, 11) is 0. The van der Waals surface area contributed by atoms with E-state index in [9.17, 15) is 4.79 Å². The first-order valence-electron chi connectivity index (χ1n) is 7.88. The fourth-order valence-corrected chi connectivity index (χ4v) is 3.81. The number of thioether (sulfide) groups is 1. The summed E-state index contributed by atoms with van der Waals surface area (Å²) in [6.45, 7) is 7.74. The average molecular weight is 331 g/mol. The van der Waals surface area contributed by atoms with Crippen LogP contribution in [0.4, 0.5) is 0 Å². The maximum absolute atomic E-state index is 12.5. The molecule has 3 rings (SSSR count). The molecule has 0 radical (unpaired) electrons. The molecule has 1 fully saturated rings. The highest BCUT2D eigenvalue weighted by Crippen LogP contribution is 2.27. The summed E-state index contributed by atoms with van der Waals surface area (Å²) in [5.74, 6) is 0.170. The molecule has 0 aliphatic carbocycles. The van der Waals surface area contributed by atoms with E-state index in [1.165, 1.54) is 11.8 Å². The van der Waals surface area contributed by atoms with Crippen LogP contribution in [0, 0.1) is 13.8 Å². The van der Waals surface area contributed by atoms with Gasteiger partial charge in [-0.15, -0.1) is 5.10 Å². The van der Waals surface area contributed by atoms with Gasteiger partial charge in [-0.3, -0.25) is 4.79 Å². The number of carbonyl (C=O) groups excluding carboxylic acids is 1. The molecule has 1 saturated heterocycles. The van der Waals surface area contributed by atoms with Gasteiger partial charge in [0.05, 0.1) is 10.9 Å². The topological polar surface area (TPSA) is 63.9 Å². The van der Waals surface area contributed by atoms with Crippen LogP contribution in [-0.2, 0) is 4.79 Å². The number of likely N-dealkylation sites (tertiary alicyclic amines) is 1. The molecule has 0 bridgehead atoms. The second kappa shape index (κ2) is 6.70. The minimum atomic E-state index is -0.192. The quantitative estimate of drug-likeness (QED) is 0.805. The van der Waals surface area contributed by atoms with E-state index >= 15 is 0 Å². The Kier molecular flexibility index (Phi) is 4.66. The number of para-hydroxylation sites is 1. The Morgan fingerprint density at radius 3 is 2.52 bits per heavy atom. The van der Waals surface area contributed by atoms with Crippen molar-refractivity contribution in [3.8, 4) is 5.69 Å². The maximum atomic E-state index is 12.5. The number of benzene rings is 1. The van der Waals surface area contributed by atoms with E-state index in [0.29, 0.717) is 5.16 Å². The lowest BCUT2D eigenvalue weighted by molar-refractivity contribution is -0.129. The first kappa shape index (κ1) is 16.0. The molecule has 2 aromatic rings. The fourth-order valence-electron chi connectivity index (χ4n) is 2.94. The molecule has 122 valence electrons. The Hall–Kier alpha value is -1.89. The average Bonchev–Trinajstić information content (AvgIpc) is 3.18. The van der Waals surface area contributed by atoms with Gasteiger partial charge in [-0.1, -0.05) is 30.0 Å². The summed E-state index contributed by atoms with van der Waals surface area (Å²) < 4.78 is 1.74. The second-order valence-electron chi connectivity index (χ2n) is 5.91. The van der Waals surface area contributed by atoms with Crippen LogP contribution in [0.5, 0.6) is 0 Å². The van der Waals surface area contributed by atoms with E-state index in [1.54, 1.807) is 4.68 Å². The zero-order valence-corrected chi connectivity index (χ0v) is 14.5. The smallest absolute Gasteiger partial charge is 0.235 e. The lowest BCUT2D eigenvalue weighted by Crippen LogP contribution is -2.34. The van der Waals surface area contributed by atoms with E-state index in [1.807, 2.05) is 43.9 Å². The van der Waals surface area contributed by atoms with Crippen LogP contribution < -0.4 is 0 Å². The van der Waals surface area contributed by atoms with Crippen molar-refractivity contribution in [2.45, 2.75) is 44.0 Å². The van der Waals surface area contributed by atoms with Gasteiger partial charge in [0.25, 0.3) is 0 Å². The van der Waals surface area contributed by atoms with E-state index in [2.05, 4.69) is 15.5 Å². The van der Waals surface area contributed by atoms with E-state index < -0.39 is 0 Å². The van der Waals surface area contributed by atoms with E-state index in [-0.39, 0.29) is 11.2 Å². The van der Waals surface area contributed by atoms with Gasteiger partial charge in [-0.05, 0) is 55.2 Å². The third-order valence-corrected chi connectivity index (χ3v) is 5.16. The summed E-state index contributed by atoms with van der Waals surface area (Å²) in [5.41, 5.74) is 3.20. The molecule has 0 N–H and O–H groups in total. The zero-order chi connectivity index (χ0) is 16.4. The monoisotopic (exact) mass is 331 g/mol. The van der Waals surface area contributed by atoms with Crippen LogP contribution in [0.15, 0.2) is 23.4 Å². The predicted molar refractivity (Wildman–Crippen MR) is 89.8 cm³/mol. The highest BCUT2D eigenvalue weighted by Gasteiger charge is 2.26. The van der Waals surface area contributed by atoms with Gasteiger partial charge in [0.2, 0.25) is 11.1 Å². The Labute approximate surface area is 140 Å². The minimum absolute atomic E-state index is 0.170. The van der Waals surface area contributed by atoms with Crippen molar-refractivity contribution < 1.29 is 4.79 Å². The Balaban J connectivity index is 1.82. The lowest BCUT2D eigenvalue weighted by atomic mass is 10.1. The predicted octanol–water partition coefficient (Wildman–Crippen LogP) is 2.38. The van der Waals surface area contributed by atoms with Gasteiger partial charge in [-0.2, -0.15) is 4.68 Å². The van der Waals surface area contributed by atoms with Crippen molar-refractivity contribution in [3.63, 3.8) is 0 Å². The summed E-state index contributed by atoms with van der Waals surface area (Å²) in [6.07, 6.45) is 2.20. The number of hydrogen-bond acceptors (Lipinski definition) is 5. The molecule has 6 nitrogen and oxygen atoms in total. The largest absolute Gasteiger partial charge is 0.342 e. The van der Waals surface area contributed by atoms with Gasteiger partial charge in [-0.25, -0.2) is 0 Å². The molecule has 1 atom stereocenters. The van der Waals surface area contributed by atoms with Crippen molar-refractivity contribution in [2.75, 3.05) is 13.1 Å². The molecule has 0 spiro atoms. The fraction of sp³-hybridized carbons (Fsp3) is 0.500. The molecule has 0 saturated carbocycles. The molecule has 1 aliphatic rings. The Morgan fingerprint density at radius 2 is 1.87 bits per heavy atom. The van der Waals surface area contributed by atoms with Crippen molar-refractivity contribution in [2.24, 2.45) is 0 Å². The summed E-state index contributed by atoms with van der Waals surface area (Å²) in [6, 6.07) is 6.10. The van der Waals surface area contributed by atoms with E-state index in [0.717, 1.165) is 42.7 Å². The molecule has 1 aliphatic heterocycles. The number of hydrogen-bond donors (Lipinski definition) is 0. The summed E-state index contributed by atoms with van der Waals surface area (Å²) >= 11 is 1.42. The van der Waals surface area contributed by atoms with Crippen molar-refractivity contribution in [1.82, 2.24) is 25.1 Å². The van der Waals surface area contributed by atoms with Crippen molar-refractivity contribution in [3.05, 3.63) is 29.3 Å². The van der Waals surface area contributed by atoms with Crippen LogP contribution in [0.2, 0.25) is 0 Å². The van der Waals surface area contributed by atoms with Gasteiger partial charge >= 0.3 is 0 Å².